The number of Topliss-reactive ketones (excluding diaryl/α,β-unsaturated/α-hetero) is 2. The summed E-state index contributed by atoms with van der Waals surface area (Å²) in [6.45, 7) is 0.763. The van der Waals surface area contributed by atoms with Crippen LogP contribution in [0, 0.1) is 47.3 Å². The monoisotopic (exact) mass is 530 g/mol. The van der Waals surface area contributed by atoms with Gasteiger partial charge in [-0.2, -0.15) is 0 Å². The maximum absolute atomic E-state index is 12.8. The molecule has 0 spiro atoms. The summed E-state index contributed by atoms with van der Waals surface area (Å²) in [4.78, 5) is 49.2. The summed E-state index contributed by atoms with van der Waals surface area (Å²) in [5.74, 6) is 2.79. The average molecular weight is 531 g/mol. The molecular weight excluding hydrogens is 480 g/mol. The van der Waals surface area contributed by atoms with Crippen molar-refractivity contribution in [3.05, 3.63) is 0 Å². The molecule has 6 nitrogen and oxygen atoms in total. The summed E-state index contributed by atoms with van der Waals surface area (Å²) < 4.78 is 5.75. The van der Waals surface area contributed by atoms with Crippen molar-refractivity contribution in [2.24, 2.45) is 47.3 Å². The fourth-order valence-electron chi connectivity index (χ4n) is 7.67. The molecular formula is C32H50O6. The highest BCUT2D eigenvalue weighted by Gasteiger charge is 2.34. The van der Waals surface area contributed by atoms with Gasteiger partial charge in [0.2, 0.25) is 0 Å². The van der Waals surface area contributed by atoms with E-state index < -0.39 is 0 Å². The summed E-state index contributed by atoms with van der Waals surface area (Å²) in [5.41, 5.74) is 0. The lowest BCUT2D eigenvalue weighted by atomic mass is 9.75. The summed E-state index contributed by atoms with van der Waals surface area (Å²) in [7, 11) is 0. The SMILES string of the molecule is O=CC1CCC(C(=O)CC2CCC(COC(=O)C3CCC(C(=O)CC4CCC(CO)CC4)CC3)CC2)CC1. The van der Waals surface area contributed by atoms with Crippen molar-refractivity contribution in [2.75, 3.05) is 13.2 Å². The minimum absolute atomic E-state index is 0.0673. The van der Waals surface area contributed by atoms with Crippen LogP contribution in [0.15, 0.2) is 0 Å². The maximum Gasteiger partial charge on any atom is 0.308 e. The lowest BCUT2D eigenvalue weighted by molar-refractivity contribution is -0.152. The number of aldehydes is 1. The van der Waals surface area contributed by atoms with Gasteiger partial charge in [0.25, 0.3) is 0 Å². The Bertz CT molecular complexity index is 776. The van der Waals surface area contributed by atoms with E-state index in [1.54, 1.807) is 0 Å². The highest BCUT2D eigenvalue weighted by Crippen LogP contribution is 2.37. The molecule has 4 aliphatic rings. The zero-order valence-electron chi connectivity index (χ0n) is 23.3. The second-order valence-electron chi connectivity index (χ2n) is 13.2. The molecule has 4 rings (SSSR count). The van der Waals surface area contributed by atoms with Crippen LogP contribution in [0.1, 0.15) is 116 Å². The molecule has 0 aromatic heterocycles. The van der Waals surface area contributed by atoms with E-state index in [4.69, 9.17) is 4.74 Å². The topological polar surface area (TPSA) is 97.7 Å². The zero-order valence-corrected chi connectivity index (χ0v) is 23.3. The van der Waals surface area contributed by atoms with Gasteiger partial charge < -0.3 is 14.6 Å². The number of rotatable bonds is 11. The van der Waals surface area contributed by atoms with Crippen LogP contribution in [0.2, 0.25) is 0 Å². The average Bonchev–Trinajstić information content (AvgIpc) is 2.97. The Morgan fingerprint density at radius 2 is 1.00 bits per heavy atom. The Labute approximate surface area is 229 Å². The van der Waals surface area contributed by atoms with E-state index in [1.807, 2.05) is 0 Å². The Kier molecular flexibility index (Phi) is 11.4. The molecule has 6 heteroatoms. The quantitative estimate of drug-likeness (QED) is 0.265. The molecule has 214 valence electrons. The summed E-state index contributed by atoms with van der Waals surface area (Å²) in [5, 5.41) is 9.31. The van der Waals surface area contributed by atoms with Crippen molar-refractivity contribution >= 4 is 23.8 Å². The molecule has 0 unspecified atom stereocenters. The third-order valence-corrected chi connectivity index (χ3v) is 10.6. The zero-order chi connectivity index (χ0) is 26.9. The van der Waals surface area contributed by atoms with E-state index in [2.05, 4.69) is 0 Å². The number of ketones is 2. The van der Waals surface area contributed by atoms with Crippen molar-refractivity contribution in [1.82, 2.24) is 0 Å². The molecule has 4 aliphatic carbocycles. The van der Waals surface area contributed by atoms with Crippen LogP contribution in [0.4, 0.5) is 0 Å². The summed E-state index contributed by atoms with van der Waals surface area (Å²) in [6, 6.07) is 0. The van der Waals surface area contributed by atoms with Gasteiger partial charge in [0, 0.05) is 37.2 Å². The van der Waals surface area contributed by atoms with E-state index >= 15 is 0 Å². The van der Waals surface area contributed by atoms with Crippen molar-refractivity contribution in [2.45, 2.75) is 116 Å². The first-order valence-electron chi connectivity index (χ1n) is 15.7. The van der Waals surface area contributed by atoms with E-state index in [0.29, 0.717) is 54.7 Å². The Morgan fingerprint density at radius 3 is 1.47 bits per heavy atom. The van der Waals surface area contributed by atoms with Crippen LogP contribution >= 0.6 is 0 Å². The van der Waals surface area contributed by atoms with Crippen molar-refractivity contribution in [1.29, 1.82) is 0 Å². The molecule has 0 aliphatic heterocycles. The van der Waals surface area contributed by atoms with E-state index in [1.165, 1.54) is 0 Å². The predicted molar refractivity (Wildman–Crippen MR) is 145 cm³/mol. The first kappa shape index (κ1) is 29.4. The largest absolute Gasteiger partial charge is 0.465 e. The fourth-order valence-corrected chi connectivity index (χ4v) is 7.67. The molecule has 0 atom stereocenters. The molecule has 0 bridgehead atoms. The van der Waals surface area contributed by atoms with Gasteiger partial charge in [0.05, 0.1) is 12.5 Å². The van der Waals surface area contributed by atoms with Crippen LogP contribution in [-0.4, -0.2) is 42.1 Å². The smallest absolute Gasteiger partial charge is 0.308 e. The number of esters is 1. The van der Waals surface area contributed by atoms with Gasteiger partial charge in [-0.15, -0.1) is 0 Å². The Hall–Kier alpha value is -1.56. The maximum atomic E-state index is 12.8. The number of carbonyl (C=O) groups is 4. The molecule has 4 saturated carbocycles. The van der Waals surface area contributed by atoms with Gasteiger partial charge in [-0.25, -0.2) is 0 Å². The van der Waals surface area contributed by atoms with E-state index in [0.717, 1.165) is 109 Å². The van der Waals surface area contributed by atoms with Gasteiger partial charge in [-0.1, -0.05) is 0 Å². The summed E-state index contributed by atoms with van der Waals surface area (Å²) in [6.07, 6.45) is 17.3. The van der Waals surface area contributed by atoms with Crippen LogP contribution in [0.25, 0.3) is 0 Å². The van der Waals surface area contributed by atoms with Gasteiger partial charge in [0.1, 0.15) is 17.9 Å². The van der Waals surface area contributed by atoms with Crippen molar-refractivity contribution in [3.8, 4) is 0 Å². The normalized spacial score (nSPS) is 36.2. The number of aliphatic hydroxyl groups is 1. The third kappa shape index (κ3) is 8.47. The number of hydrogen-bond donors (Lipinski definition) is 1. The molecule has 4 fully saturated rings. The van der Waals surface area contributed by atoms with E-state index in [-0.39, 0.29) is 36.2 Å². The summed E-state index contributed by atoms with van der Waals surface area (Å²) >= 11 is 0. The van der Waals surface area contributed by atoms with Gasteiger partial charge in [-0.05, 0) is 126 Å². The lowest BCUT2D eigenvalue weighted by Gasteiger charge is -2.31. The van der Waals surface area contributed by atoms with Crippen LogP contribution in [0.3, 0.4) is 0 Å². The van der Waals surface area contributed by atoms with Gasteiger partial charge in [-0.3, -0.25) is 14.4 Å². The van der Waals surface area contributed by atoms with Crippen LogP contribution in [0.5, 0.6) is 0 Å². The van der Waals surface area contributed by atoms with E-state index in [9.17, 15) is 24.3 Å². The number of hydrogen-bond acceptors (Lipinski definition) is 6. The molecule has 0 radical (unpaired) electrons. The first-order chi connectivity index (χ1) is 18.4. The molecule has 0 saturated heterocycles. The van der Waals surface area contributed by atoms with Crippen molar-refractivity contribution in [3.63, 3.8) is 0 Å². The highest BCUT2D eigenvalue weighted by atomic mass is 16.5. The molecule has 0 heterocycles. The molecule has 0 amide bonds. The van der Waals surface area contributed by atoms with Crippen LogP contribution < -0.4 is 0 Å². The second kappa shape index (κ2) is 14.7. The predicted octanol–water partition coefficient (Wildman–Crippen LogP) is 5.86. The van der Waals surface area contributed by atoms with Crippen LogP contribution in [-0.2, 0) is 23.9 Å². The van der Waals surface area contributed by atoms with Gasteiger partial charge >= 0.3 is 5.97 Å². The molecule has 0 aromatic carbocycles. The highest BCUT2D eigenvalue weighted by molar-refractivity contribution is 5.82. The van der Waals surface area contributed by atoms with Gasteiger partial charge in [0.15, 0.2) is 0 Å². The first-order valence-corrected chi connectivity index (χ1v) is 15.7. The fraction of sp³-hybridized carbons (Fsp3) is 0.875. The minimum Gasteiger partial charge on any atom is -0.465 e. The number of aliphatic hydroxyl groups excluding tert-OH is 1. The number of ether oxygens (including phenoxy) is 1. The molecule has 38 heavy (non-hydrogen) atoms. The number of carbonyl (C=O) groups excluding carboxylic acids is 4. The Balaban J connectivity index is 1.07. The molecule has 0 aromatic rings. The Morgan fingerprint density at radius 1 is 0.579 bits per heavy atom. The standard InChI is InChI=1S/C32H50O6/c33-19-24-5-1-22(2-6-24)17-31(36)28-13-15-29(16-14-28)32(37)38-21-26-7-3-23(4-8-26)18-30(35)27-11-9-25(20-34)10-12-27/h20,22-29,33H,1-19,21H2. The lowest BCUT2D eigenvalue weighted by Crippen LogP contribution is -2.30. The third-order valence-electron chi connectivity index (χ3n) is 10.6. The minimum atomic E-state index is -0.0820. The second-order valence-corrected chi connectivity index (χ2v) is 13.2. The van der Waals surface area contributed by atoms with Crippen molar-refractivity contribution < 1.29 is 29.0 Å². The molecule has 1 N–H and O–H groups in total.